The maximum Gasteiger partial charge on any atom is 0.270 e. The zero-order valence-corrected chi connectivity index (χ0v) is 13.6. The van der Waals surface area contributed by atoms with Crippen LogP contribution >= 0.6 is 11.3 Å². The summed E-state index contributed by atoms with van der Waals surface area (Å²) >= 11 is 1.38. The van der Waals surface area contributed by atoms with Crippen molar-refractivity contribution < 1.29 is 13.3 Å². The number of rotatable bonds is 6. The molecule has 2 aromatic rings. The van der Waals surface area contributed by atoms with Crippen molar-refractivity contribution in [1.29, 1.82) is 0 Å². The second-order valence-corrected chi connectivity index (χ2v) is 7.27. The largest absolute Gasteiger partial charge is 0.270 e. The maximum absolute atomic E-state index is 12.4. The molecule has 0 fully saturated rings. The molecule has 1 aromatic heterocycles. The minimum absolute atomic E-state index is 0.131. The number of thiazole rings is 1. The second-order valence-electron chi connectivity index (χ2n) is 4.66. The molecule has 118 valence electrons. The minimum atomic E-state index is -3.85. The molecule has 0 saturated carbocycles. The Kier molecular flexibility index (Phi) is 4.89. The van der Waals surface area contributed by atoms with E-state index in [0.29, 0.717) is 11.4 Å². The van der Waals surface area contributed by atoms with Crippen LogP contribution in [0.1, 0.15) is 30.1 Å². The van der Waals surface area contributed by atoms with E-state index in [4.69, 9.17) is 0 Å². The topological polar surface area (TPSA) is 102 Å². The summed E-state index contributed by atoms with van der Waals surface area (Å²) in [6.07, 6.45) is 0.529. The fraction of sp³-hybridized carbons (Fsp3) is 0.308. The van der Waals surface area contributed by atoms with Crippen molar-refractivity contribution in [2.45, 2.75) is 31.2 Å². The van der Waals surface area contributed by atoms with Gasteiger partial charge in [-0.15, -0.1) is 11.3 Å². The predicted molar refractivity (Wildman–Crippen MR) is 83.3 cm³/mol. The molecule has 0 aliphatic heterocycles. The summed E-state index contributed by atoms with van der Waals surface area (Å²) in [6, 6.07) is 4.52. The van der Waals surface area contributed by atoms with Gasteiger partial charge in [0, 0.05) is 23.2 Å². The summed E-state index contributed by atoms with van der Waals surface area (Å²) in [5.74, 6) is 0. The van der Waals surface area contributed by atoms with Gasteiger partial charge in [0.15, 0.2) is 0 Å². The van der Waals surface area contributed by atoms with E-state index in [1.165, 1.54) is 29.5 Å². The van der Waals surface area contributed by atoms with Crippen molar-refractivity contribution in [3.8, 4) is 0 Å². The van der Waals surface area contributed by atoms with Gasteiger partial charge in [-0.3, -0.25) is 10.1 Å². The van der Waals surface area contributed by atoms with Crippen LogP contribution in [0.5, 0.6) is 0 Å². The summed E-state index contributed by atoms with van der Waals surface area (Å²) in [6.45, 7) is 3.68. The second kappa shape index (κ2) is 6.51. The molecule has 1 atom stereocenters. The van der Waals surface area contributed by atoms with Crippen molar-refractivity contribution in [3.05, 3.63) is 50.5 Å². The number of nitrogens with one attached hydrogen (secondary N) is 1. The van der Waals surface area contributed by atoms with Gasteiger partial charge in [-0.1, -0.05) is 13.0 Å². The highest BCUT2D eigenvalue weighted by Gasteiger charge is 2.23. The van der Waals surface area contributed by atoms with Crippen molar-refractivity contribution in [3.63, 3.8) is 0 Å². The van der Waals surface area contributed by atoms with Crippen molar-refractivity contribution in [2.24, 2.45) is 0 Å². The summed E-state index contributed by atoms with van der Waals surface area (Å²) < 4.78 is 27.4. The number of nitro benzene ring substituents is 1. The van der Waals surface area contributed by atoms with E-state index in [-0.39, 0.29) is 10.6 Å². The first-order chi connectivity index (χ1) is 10.3. The minimum Gasteiger partial charge on any atom is -0.258 e. The molecule has 0 bridgehead atoms. The van der Waals surface area contributed by atoms with E-state index in [1.54, 1.807) is 0 Å². The van der Waals surface area contributed by atoms with Gasteiger partial charge < -0.3 is 0 Å². The zero-order valence-electron chi connectivity index (χ0n) is 12.0. The normalized spacial score (nSPS) is 13.0. The quantitative estimate of drug-likeness (QED) is 0.643. The Morgan fingerprint density at radius 2 is 2.18 bits per heavy atom. The Bertz CT molecular complexity index is 786. The highest BCUT2D eigenvalue weighted by atomic mass is 32.2. The van der Waals surface area contributed by atoms with Gasteiger partial charge in [0.25, 0.3) is 5.69 Å². The van der Waals surface area contributed by atoms with Gasteiger partial charge in [0.1, 0.15) is 5.01 Å². The van der Waals surface area contributed by atoms with E-state index in [9.17, 15) is 18.5 Å². The van der Waals surface area contributed by atoms with E-state index in [1.807, 2.05) is 19.2 Å². The molecule has 0 aliphatic rings. The number of hydrogen-bond acceptors (Lipinski definition) is 6. The molecule has 1 aromatic carbocycles. The van der Waals surface area contributed by atoms with E-state index >= 15 is 0 Å². The summed E-state index contributed by atoms with van der Waals surface area (Å²) in [4.78, 5) is 14.3. The lowest BCUT2D eigenvalue weighted by Gasteiger charge is -2.14. The molecule has 1 N–H and O–H groups in total. The number of aryl methyl sites for hydroxylation is 1. The Morgan fingerprint density at radius 1 is 1.45 bits per heavy atom. The molecular weight excluding hydrogens is 326 g/mol. The number of aromatic nitrogens is 1. The average molecular weight is 341 g/mol. The third kappa shape index (κ3) is 3.67. The molecule has 1 heterocycles. The maximum atomic E-state index is 12.4. The number of nitrogens with zero attached hydrogens (tertiary/aromatic N) is 2. The van der Waals surface area contributed by atoms with Crippen LogP contribution in [-0.2, 0) is 10.0 Å². The molecule has 0 aliphatic carbocycles. The Labute approximate surface area is 132 Å². The molecule has 0 amide bonds. The molecule has 22 heavy (non-hydrogen) atoms. The predicted octanol–water partition coefficient (Wildman–Crippen LogP) is 2.79. The van der Waals surface area contributed by atoms with Gasteiger partial charge in [0.2, 0.25) is 10.0 Å². The van der Waals surface area contributed by atoms with E-state index in [0.717, 1.165) is 11.8 Å². The molecule has 2 rings (SSSR count). The number of sulfonamides is 1. The number of hydrogen-bond donors (Lipinski definition) is 1. The van der Waals surface area contributed by atoms with Gasteiger partial charge >= 0.3 is 0 Å². The first-order valence-electron chi connectivity index (χ1n) is 6.52. The smallest absolute Gasteiger partial charge is 0.258 e. The average Bonchev–Trinajstić information content (AvgIpc) is 2.91. The third-order valence-electron chi connectivity index (χ3n) is 2.98. The molecule has 0 radical (unpaired) electrons. The Hall–Kier alpha value is -1.84. The van der Waals surface area contributed by atoms with Crippen LogP contribution in [0, 0.1) is 17.0 Å². The fourth-order valence-electron chi connectivity index (χ4n) is 1.86. The first kappa shape index (κ1) is 16.5. The monoisotopic (exact) mass is 341 g/mol. The van der Waals surface area contributed by atoms with Crippen LogP contribution in [0.25, 0.3) is 0 Å². The van der Waals surface area contributed by atoms with E-state index < -0.39 is 21.0 Å². The molecule has 0 spiro atoms. The van der Waals surface area contributed by atoms with Crippen LogP contribution in [-0.4, -0.2) is 18.3 Å². The molecule has 0 saturated heterocycles. The van der Waals surface area contributed by atoms with Crippen LogP contribution in [0.4, 0.5) is 5.69 Å². The van der Waals surface area contributed by atoms with E-state index in [2.05, 4.69) is 9.71 Å². The Balaban J connectivity index is 2.30. The van der Waals surface area contributed by atoms with Crippen LogP contribution < -0.4 is 4.72 Å². The molecule has 0 unspecified atom stereocenters. The lowest BCUT2D eigenvalue weighted by molar-refractivity contribution is -0.385. The summed E-state index contributed by atoms with van der Waals surface area (Å²) in [5.41, 5.74) is 0.564. The highest BCUT2D eigenvalue weighted by molar-refractivity contribution is 7.89. The van der Waals surface area contributed by atoms with Gasteiger partial charge in [-0.05, 0) is 19.4 Å². The summed E-state index contributed by atoms with van der Waals surface area (Å²) in [7, 11) is -3.85. The lowest BCUT2D eigenvalue weighted by Crippen LogP contribution is -2.28. The van der Waals surface area contributed by atoms with Crippen LogP contribution in [0.15, 0.2) is 34.5 Å². The molecule has 7 nitrogen and oxygen atoms in total. The van der Waals surface area contributed by atoms with Gasteiger partial charge in [0.05, 0.1) is 15.9 Å². The molecular formula is C13H15N3O4S2. The molecule has 9 heteroatoms. The number of benzene rings is 1. The number of non-ortho nitro benzene ring substituents is 1. The summed E-state index contributed by atoms with van der Waals surface area (Å²) in [5, 5.41) is 13.3. The highest BCUT2D eigenvalue weighted by Crippen LogP contribution is 2.24. The van der Waals surface area contributed by atoms with Crippen molar-refractivity contribution in [1.82, 2.24) is 9.71 Å². The lowest BCUT2D eigenvalue weighted by atomic mass is 10.2. The van der Waals surface area contributed by atoms with Gasteiger partial charge in [-0.2, -0.15) is 0 Å². The van der Waals surface area contributed by atoms with Crippen LogP contribution in [0.2, 0.25) is 0 Å². The number of nitro groups is 1. The van der Waals surface area contributed by atoms with Crippen molar-refractivity contribution >= 4 is 27.0 Å². The standard InChI is InChI=1S/C13H15N3O4S2/c1-3-12(13-14-9(2)8-21-13)15-22(19,20)11-6-4-5-10(7-11)16(17)18/h4-8,12,15H,3H2,1-2H3/t12-/m1/s1. The zero-order chi connectivity index (χ0) is 16.3. The SMILES string of the molecule is CC[C@@H](NS(=O)(=O)c1cccc([N+](=O)[O-])c1)c1nc(C)cs1. The van der Waals surface area contributed by atoms with Crippen molar-refractivity contribution in [2.75, 3.05) is 0 Å². The Morgan fingerprint density at radius 3 is 2.73 bits per heavy atom. The van der Waals surface area contributed by atoms with Gasteiger partial charge in [-0.25, -0.2) is 18.1 Å². The van der Waals surface area contributed by atoms with Crippen LogP contribution in [0.3, 0.4) is 0 Å². The third-order valence-corrected chi connectivity index (χ3v) is 5.52. The fourth-order valence-corrected chi connectivity index (χ4v) is 4.19. The first-order valence-corrected chi connectivity index (χ1v) is 8.88.